The van der Waals surface area contributed by atoms with Gasteiger partial charge in [0.1, 0.15) is 0 Å². The van der Waals surface area contributed by atoms with E-state index in [-0.39, 0.29) is 5.75 Å². The maximum Gasteiger partial charge on any atom is 0.178 e. The van der Waals surface area contributed by atoms with Gasteiger partial charge in [-0.1, -0.05) is 30.3 Å². The van der Waals surface area contributed by atoms with Gasteiger partial charge in [0.15, 0.2) is 9.84 Å². The van der Waals surface area contributed by atoms with Gasteiger partial charge in [-0.2, -0.15) is 0 Å². The van der Waals surface area contributed by atoms with Crippen LogP contribution in [0.2, 0.25) is 0 Å². The minimum Gasteiger partial charge on any atom is -0.399 e. The van der Waals surface area contributed by atoms with Gasteiger partial charge in [0.2, 0.25) is 0 Å². The Hall–Kier alpha value is -1.81. The van der Waals surface area contributed by atoms with E-state index in [0.717, 1.165) is 12.8 Å². The molecule has 0 saturated carbocycles. The lowest BCUT2D eigenvalue weighted by atomic mass is 10.1. The van der Waals surface area contributed by atoms with E-state index in [0.29, 0.717) is 17.0 Å². The average Bonchev–Trinajstić information content (AvgIpc) is 2.45. The highest BCUT2D eigenvalue weighted by Gasteiger charge is 2.13. The molecule has 0 fully saturated rings. The molecule has 0 bridgehead atoms. The van der Waals surface area contributed by atoms with Crippen molar-refractivity contribution in [3.63, 3.8) is 0 Å². The highest BCUT2D eigenvalue weighted by atomic mass is 32.2. The maximum atomic E-state index is 12.1. The van der Waals surface area contributed by atoms with Gasteiger partial charge in [0.05, 0.1) is 10.6 Å². The second kappa shape index (κ2) is 6.57. The molecule has 2 aromatic carbocycles. The molecule has 0 aliphatic heterocycles. The van der Waals surface area contributed by atoms with Crippen molar-refractivity contribution in [1.82, 2.24) is 0 Å². The number of rotatable bonds is 6. The van der Waals surface area contributed by atoms with E-state index in [1.807, 2.05) is 18.2 Å². The fourth-order valence-corrected chi connectivity index (χ4v) is 3.43. The topological polar surface area (TPSA) is 60.2 Å². The third-order valence-corrected chi connectivity index (χ3v) is 5.03. The van der Waals surface area contributed by atoms with Gasteiger partial charge >= 0.3 is 0 Å². The van der Waals surface area contributed by atoms with E-state index in [4.69, 9.17) is 5.73 Å². The first kappa shape index (κ1) is 14.6. The van der Waals surface area contributed by atoms with Crippen LogP contribution in [0.15, 0.2) is 59.5 Å². The monoisotopic (exact) mass is 289 g/mol. The molecule has 0 heterocycles. The molecule has 2 rings (SSSR count). The van der Waals surface area contributed by atoms with Crippen molar-refractivity contribution in [3.8, 4) is 0 Å². The predicted molar refractivity (Wildman–Crippen MR) is 82.3 cm³/mol. The highest BCUT2D eigenvalue weighted by molar-refractivity contribution is 7.91. The number of aryl methyl sites for hydroxylation is 1. The molecule has 0 aromatic heterocycles. The summed E-state index contributed by atoms with van der Waals surface area (Å²) in [6.07, 6.45) is 2.46. The zero-order chi connectivity index (χ0) is 14.4. The number of nitrogens with two attached hydrogens (primary N) is 1. The standard InChI is InChI=1S/C16H19NO2S/c17-15-9-11-16(12-10-15)20(18,19)13-5-4-8-14-6-2-1-3-7-14/h1-3,6-7,9-12H,4-5,8,13,17H2. The van der Waals surface area contributed by atoms with Crippen molar-refractivity contribution in [1.29, 1.82) is 0 Å². The molecule has 0 unspecified atom stereocenters. The van der Waals surface area contributed by atoms with Crippen LogP contribution >= 0.6 is 0 Å². The Bertz CT molecular complexity index is 634. The highest BCUT2D eigenvalue weighted by Crippen LogP contribution is 2.15. The Labute approximate surface area is 120 Å². The SMILES string of the molecule is Nc1ccc(S(=O)(=O)CCCCc2ccccc2)cc1. The molecular formula is C16H19NO2S. The summed E-state index contributed by atoms with van der Waals surface area (Å²) in [5.74, 6) is 0.184. The number of hydrogen-bond donors (Lipinski definition) is 1. The van der Waals surface area contributed by atoms with Crippen LogP contribution in [0.25, 0.3) is 0 Å². The fraction of sp³-hybridized carbons (Fsp3) is 0.250. The van der Waals surface area contributed by atoms with Crippen LogP contribution in [0.1, 0.15) is 18.4 Å². The van der Waals surface area contributed by atoms with Crippen molar-refractivity contribution in [2.45, 2.75) is 24.2 Å². The first-order valence-corrected chi connectivity index (χ1v) is 8.35. The summed E-state index contributed by atoms with van der Waals surface area (Å²) in [5.41, 5.74) is 7.39. The number of benzene rings is 2. The number of anilines is 1. The van der Waals surface area contributed by atoms with Gasteiger partial charge in [-0.05, 0) is 49.1 Å². The first-order valence-electron chi connectivity index (χ1n) is 6.70. The van der Waals surface area contributed by atoms with Crippen LogP contribution in [0.4, 0.5) is 5.69 Å². The molecule has 4 heteroatoms. The third-order valence-electron chi connectivity index (χ3n) is 3.21. The van der Waals surface area contributed by atoms with E-state index in [2.05, 4.69) is 12.1 Å². The summed E-state index contributed by atoms with van der Waals surface area (Å²) >= 11 is 0. The van der Waals surface area contributed by atoms with E-state index >= 15 is 0 Å². The Kier molecular flexibility index (Phi) is 4.79. The van der Waals surface area contributed by atoms with Gasteiger partial charge in [-0.15, -0.1) is 0 Å². The minimum absolute atomic E-state index is 0.184. The lowest BCUT2D eigenvalue weighted by Gasteiger charge is -2.05. The van der Waals surface area contributed by atoms with Crippen molar-refractivity contribution < 1.29 is 8.42 Å². The second-order valence-electron chi connectivity index (χ2n) is 4.83. The van der Waals surface area contributed by atoms with Crippen LogP contribution in [0, 0.1) is 0 Å². The summed E-state index contributed by atoms with van der Waals surface area (Å²) in [4.78, 5) is 0.353. The smallest absolute Gasteiger partial charge is 0.178 e. The van der Waals surface area contributed by atoms with Crippen LogP contribution in [0.3, 0.4) is 0 Å². The zero-order valence-corrected chi connectivity index (χ0v) is 12.1. The van der Waals surface area contributed by atoms with Crippen molar-refractivity contribution in [2.24, 2.45) is 0 Å². The van der Waals surface area contributed by atoms with Crippen LogP contribution < -0.4 is 5.73 Å². The van der Waals surface area contributed by atoms with Gasteiger partial charge in [-0.3, -0.25) is 0 Å². The normalized spacial score (nSPS) is 11.4. The van der Waals surface area contributed by atoms with Crippen molar-refractivity contribution in [3.05, 3.63) is 60.2 Å². The van der Waals surface area contributed by atoms with Gasteiger partial charge in [0, 0.05) is 5.69 Å². The third kappa shape index (κ3) is 4.10. The van der Waals surface area contributed by atoms with Gasteiger partial charge < -0.3 is 5.73 Å². The molecule has 3 nitrogen and oxygen atoms in total. The molecule has 20 heavy (non-hydrogen) atoms. The minimum atomic E-state index is -3.19. The van der Waals surface area contributed by atoms with Crippen molar-refractivity contribution >= 4 is 15.5 Å². The van der Waals surface area contributed by atoms with Gasteiger partial charge in [0.25, 0.3) is 0 Å². The Balaban J connectivity index is 1.85. The summed E-state index contributed by atoms with van der Waals surface area (Å²) in [7, 11) is -3.19. The summed E-state index contributed by atoms with van der Waals surface area (Å²) in [6.45, 7) is 0. The molecule has 0 saturated heterocycles. The van der Waals surface area contributed by atoms with Crippen molar-refractivity contribution in [2.75, 3.05) is 11.5 Å². The van der Waals surface area contributed by atoms with Crippen LogP contribution in [0.5, 0.6) is 0 Å². The number of hydrogen-bond acceptors (Lipinski definition) is 3. The fourth-order valence-electron chi connectivity index (χ4n) is 2.06. The largest absolute Gasteiger partial charge is 0.399 e. The van der Waals surface area contributed by atoms with Crippen LogP contribution in [-0.4, -0.2) is 14.2 Å². The molecular weight excluding hydrogens is 270 g/mol. The summed E-state index contributed by atoms with van der Waals surface area (Å²) < 4.78 is 24.2. The summed E-state index contributed by atoms with van der Waals surface area (Å²) in [6, 6.07) is 16.5. The van der Waals surface area contributed by atoms with E-state index < -0.39 is 9.84 Å². The second-order valence-corrected chi connectivity index (χ2v) is 6.94. The zero-order valence-electron chi connectivity index (χ0n) is 11.3. The first-order chi connectivity index (χ1) is 9.58. The molecule has 2 aromatic rings. The maximum absolute atomic E-state index is 12.1. The molecule has 0 spiro atoms. The van der Waals surface area contributed by atoms with E-state index in [1.54, 1.807) is 24.3 Å². The van der Waals surface area contributed by atoms with E-state index in [1.165, 1.54) is 5.56 Å². The van der Waals surface area contributed by atoms with Gasteiger partial charge in [-0.25, -0.2) is 8.42 Å². The average molecular weight is 289 g/mol. The molecule has 0 atom stereocenters. The molecule has 0 radical (unpaired) electrons. The lowest BCUT2D eigenvalue weighted by Crippen LogP contribution is -2.07. The Morgan fingerprint density at radius 2 is 1.50 bits per heavy atom. The molecule has 106 valence electrons. The van der Waals surface area contributed by atoms with Crippen LogP contribution in [-0.2, 0) is 16.3 Å². The lowest BCUT2D eigenvalue weighted by molar-refractivity contribution is 0.591. The number of sulfone groups is 1. The quantitative estimate of drug-likeness (QED) is 0.656. The summed E-state index contributed by atoms with van der Waals surface area (Å²) in [5, 5.41) is 0. The molecule has 0 aliphatic rings. The molecule has 0 amide bonds. The Morgan fingerprint density at radius 1 is 0.850 bits per heavy atom. The number of unbranched alkanes of at least 4 members (excludes halogenated alkanes) is 1. The predicted octanol–water partition coefficient (Wildman–Crippen LogP) is 3.07. The molecule has 0 aliphatic carbocycles. The Morgan fingerprint density at radius 3 is 2.15 bits per heavy atom. The van der Waals surface area contributed by atoms with E-state index in [9.17, 15) is 8.42 Å². The molecule has 2 N–H and O–H groups in total. The number of nitrogen functional groups attached to an aromatic ring is 1.